The fourth-order valence-corrected chi connectivity index (χ4v) is 7.67. The fraction of sp³-hybridized carbons (Fsp3) is 0.595. The van der Waals surface area contributed by atoms with E-state index in [2.05, 4.69) is 57.7 Å². The highest BCUT2D eigenvalue weighted by Gasteiger charge is 2.23. The van der Waals surface area contributed by atoms with Crippen LogP contribution in [0, 0.1) is 0 Å². The first-order chi connectivity index (χ1) is 25.6. The lowest BCUT2D eigenvalue weighted by Gasteiger charge is -2.35. The molecule has 0 saturated carbocycles. The van der Waals surface area contributed by atoms with Crippen LogP contribution in [0.25, 0.3) is 10.9 Å². The summed E-state index contributed by atoms with van der Waals surface area (Å²) in [6, 6.07) is 11.3. The number of halogens is 4. The lowest BCUT2D eigenvalue weighted by Crippen LogP contribution is -3.00. The van der Waals surface area contributed by atoms with Gasteiger partial charge in [0.05, 0.1) is 50.5 Å². The number of carbonyl (C=O) groups excluding carboxylic acids is 2. The third kappa shape index (κ3) is 14.5. The van der Waals surface area contributed by atoms with E-state index in [0.717, 1.165) is 129 Å². The summed E-state index contributed by atoms with van der Waals surface area (Å²) in [5.74, 6) is 1.08. The third-order valence-electron chi connectivity index (χ3n) is 11.8. The number of quaternary nitrogens is 2. The van der Waals surface area contributed by atoms with Gasteiger partial charge in [-0.15, -0.1) is 12.4 Å². The largest absolute Gasteiger partial charge is 1.00 e. The van der Waals surface area contributed by atoms with Crippen LogP contribution < -0.4 is 59.6 Å². The minimum absolute atomic E-state index is 0. The molecule has 0 bridgehead atoms. The Balaban J connectivity index is 0.00000523. The van der Waals surface area contributed by atoms with Crippen molar-refractivity contribution in [3.05, 3.63) is 58.2 Å². The standard InChI is InChI=1S/C42H63ClN6O4.2BrH.ClH/c1-7-48(8-2,9-3)24-26-52-34-28-32(29-35(31-34)53-27-25-49(10-4,11-5)12-6)42(51)44-23-17-13-14-20-40(50)46-47-41-36-18-15-16-19-38(36)45-39-30-33(43)21-22-37(39)41;;;/h21-22,28-31H,7-20,23-27H2,1-6H3,(H-2,44,45,46,47,50,51);3*1H. The predicted octanol–water partition coefficient (Wildman–Crippen LogP) is 2.14. The Kier molecular flexibility index (Phi) is 23.9. The SMILES string of the molecule is CC[N+](CC)(CC)CCOc1cc(OCC[N+](CC)(CC)CC)cc(C(=O)NCCCCCC(=O)NNc2c3c(nc4cc(Cl)ccc24)CCCC3)c1.Cl.[Br-].[Br-]. The minimum Gasteiger partial charge on any atom is -1.00 e. The molecule has 3 aromatic rings. The van der Waals surface area contributed by atoms with Gasteiger partial charge in [0.2, 0.25) is 5.91 Å². The smallest absolute Gasteiger partial charge is 0.251 e. The molecule has 0 fully saturated rings. The van der Waals surface area contributed by atoms with Crippen LogP contribution in [-0.4, -0.2) is 97.9 Å². The summed E-state index contributed by atoms with van der Waals surface area (Å²) in [6.07, 6.45) is 6.78. The molecule has 3 N–H and O–H groups in total. The number of likely N-dealkylation sites (N-methyl/N-ethyl adjacent to an activating group) is 2. The number of hydrazine groups is 1. The predicted molar refractivity (Wildman–Crippen MR) is 224 cm³/mol. The molecule has 14 heteroatoms. The van der Waals surface area contributed by atoms with E-state index >= 15 is 0 Å². The number of fused-ring (bicyclic) bond motifs is 2. The number of aryl methyl sites for hydroxylation is 1. The van der Waals surface area contributed by atoms with Gasteiger partial charge in [0.25, 0.3) is 5.91 Å². The number of aromatic nitrogens is 1. The second-order valence-electron chi connectivity index (χ2n) is 14.4. The number of rotatable bonds is 23. The van der Waals surface area contributed by atoms with Gasteiger partial charge >= 0.3 is 0 Å². The number of pyridine rings is 1. The average Bonchev–Trinajstić information content (AvgIpc) is 3.18. The zero-order chi connectivity index (χ0) is 38.3. The molecule has 56 heavy (non-hydrogen) atoms. The molecule has 1 aromatic heterocycles. The van der Waals surface area contributed by atoms with Crippen molar-refractivity contribution in [2.75, 3.05) is 77.5 Å². The van der Waals surface area contributed by atoms with Crippen molar-refractivity contribution in [3.63, 3.8) is 0 Å². The molecule has 0 atom stereocenters. The van der Waals surface area contributed by atoms with Crippen LogP contribution in [-0.2, 0) is 17.6 Å². The molecule has 1 aliphatic rings. The molecular formula is C42H66Br2Cl2N6O4. The molecule has 2 aromatic carbocycles. The number of ether oxygens (including phenoxy) is 2. The number of nitrogens with zero attached hydrogens (tertiary/aromatic N) is 3. The van der Waals surface area contributed by atoms with Crippen LogP contribution in [0.1, 0.15) is 102 Å². The van der Waals surface area contributed by atoms with Gasteiger partial charge in [-0.3, -0.25) is 25.4 Å². The van der Waals surface area contributed by atoms with Gasteiger partial charge in [0, 0.05) is 40.7 Å². The number of amides is 2. The van der Waals surface area contributed by atoms with Gasteiger partial charge in [-0.25, -0.2) is 0 Å². The number of anilines is 1. The van der Waals surface area contributed by atoms with Gasteiger partial charge in [-0.05, 0) is 116 Å². The van der Waals surface area contributed by atoms with E-state index in [0.29, 0.717) is 48.3 Å². The van der Waals surface area contributed by atoms with Crippen molar-refractivity contribution < 1.29 is 62.0 Å². The first kappa shape index (κ1) is 51.7. The van der Waals surface area contributed by atoms with Gasteiger partial charge in [0.15, 0.2) is 0 Å². The van der Waals surface area contributed by atoms with E-state index in [4.69, 9.17) is 26.1 Å². The summed E-state index contributed by atoms with van der Waals surface area (Å²) in [7, 11) is 0. The van der Waals surface area contributed by atoms with E-state index in [1.165, 1.54) is 5.56 Å². The molecule has 316 valence electrons. The zero-order valence-corrected chi connectivity index (χ0v) is 39.2. The Labute approximate surface area is 368 Å². The summed E-state index contributed by atoms with van der Waals surface area (Å²) >= 11 is 6.26. The maximum atomic E-state index is 13.4. The first-order valence-corrected chi connectivity index (χ1v) is 20.6. The highest BCUT2D eigenvalue weighted by molar-refractivity contribution is 6.31. The van der Waals surface area contributed by atoms with Crippen molar-refractivity contribution in [2.24, 2.45) is 0 Å². The lowest BCUT2D eigenvalue weighted by molar-refractivity contribution is -0.923. The quantitative estimate of drug-likeness (QED) is 0.0767. The average molecular weight is 950 g/mol. The highest BCUT2D eigenvalue weighted by atomic mass is 79.9. The van der Waals surface area contributed by atoms with Crippen molar-refractivity contribution in [3.8, 4) is 11.5 Å². The molecule has 10 nitrogen and oxygen atoms in total. The highest BCUT2D eigenvalue weighted by Crippen LogP contribution is 2.34. The first-order valence-electron chi connectivity index (χ1n) is 20.2. The summed E-state index contributed by atoms with van der Waals surface area (Å²) in [5, 5.41) is 4.67. The summed E-state index contributed by atoms with van der Waals surface area (Å²) in [6.45, 7) is 23.2. The van der Waals surface area contributed by atoms with E-state index in [1.807, 2.05) is 36.4 Å². The number of hydrogen-bond acceptors (Lipinski definition) is 6. The molecular weight excluding hydrogens is 883 g/mol. The van der Waals surface area contributed by atoms with Gasteiger partial charge < -0.3 is 57.7 Å². The van der Waals surface area contributed by atoms with E-state index in [9.17, 15) is 9.59 Å². The molecule has 0 spiro atoms. The molecule has 1 aliphatic carbocycles. The van der Waals surface area contributed by atoms with E-state index in [-0.39, 0.29) is 58.2 Å². The maximum Gasteiger partial charge on any atom is 0.251 e. The normalized spacial score (nSPS) is 12.3. The summed E-state index contributed by atoms with van der Waals surface area (Å²) in [4.78, 5) is 31.0. The molecule has 2 amide bonds. The van der Waals surface area contributed by atoms with Crippen molar-refractivity contribution in [2.45, 2.75) is 92.9 Å². The van der Waals surface area contributed by atoms with Crippen LogP contribution >= 0.6 is 24.0 Å². The molecule has 1 heterocycles. The fourth-order valence-electron chi connectivity index (χ4n) is 7.50. The Bertz CT molecular complexity index is 1600. The maximum absolute atomic E-state index is 13.4. The van der Waals surface area contributed by atoms with Crippen molar-refractivity contribution in [1.82, 2.24) is 15.7 Å². The summed E-state index contributed by atoms with van der Waals surface area (Å²) < 4.78 is 14.5. The zero-order valence-electron chi connectivity index (χ0n) is 34.4. The molecule has 0 aliphatic heterocycles. The Morgan fingerprint density at radius 3 is 1.91 bits per heavy atom. The van der Waals surface area contributed by atoms with Crippen LogP contribution in [0.2, 0.25) is 5.02 Å². The number of benzene rings is 2. The molecule has 0 saturated heterocycles. The third-order valence-corrected chi connectivity index (χ3v) is 12.0. The second kappa shape index (κ2) is 25.9. The Morgan fingerprint density at radius 1 is 0.768 bits per heavy atom. The number of hydrogen-bond donors (Lipinski definition) is 3. The number of nitrogens with one attached hydrogen (secondary N) is 3. The summed E-state index contributed by atoms with van der Waals surface area (Å²) in [5.41, 5.74) is 10.7. The van der Waals surface area contributed by atoms with E-state index in [1.54, 1.807) is 0 Å². The van der Waals surface area contributed by atoms with Crippen molar-refractivity contribution >= 4 is 52.4 Å². The second-order valence-corrected chi connectivity index (χ2v) is 14.9. The number of carbonyl (C=O) groups is 2. The topological polar surface area (TPSA) is 102 Å². The Morgan fingerprint density at radius 2 is 1.34 bits per heavy atom. The molecule has 4 rings (SSSR count). The van der Waals surface area contributed by atoms with Crippen LogP contribution in [0.15, 0.2) is 36.4 Å². The van der Waals surface area contributed by atoms with E-state index < -0.39 is 0 Å². The number of unbranched alkanes of at least 4 members (excludes halogenated alkanes) is 2. The van der Waals surface area contributed by atoms with Gasteiger partial charge in [-0.1, -0.05) is 18.0 Å². The lowest BCUT2D eigenvalue weighted by atomic mass is 9.93. The van der Waals surface area contributed by atoms with Gasteiger partial charge in [0.1, 0.15) is 37.8 Å². The Hall–Kier alpha value is -2.35. The monoisotopic (exact) mass is 946 g/mol. The van der Waals surface area contributed by atoms with Crippen LogP contribution in [0.4, 0.5) is 5.69 Å². The minimum atomic E-state index is -0.155. The molecule has 0 unspecified atom stereocenters. The van der Waals surface area contributed by atoms with Gasteiger partial charge in [-0.2, -0.15) is 0 Å². The molecule has 0 radical (unpaired) electrons. The van der Waals surface area contributed by atoms with Crippen molar-refractivity contribution in [1.29, 1.82) is 0 Å². The van der Waals surface area contributed by atoms with Crippen LogP contribution in [0.5, 0.6) is 11.5 Å². The van der Waals surface area contributed by atoms with Crippen LogP contribution in [0.3, 0.4) is 0 Å².